The van der Waals surface area contributed by atoms with Gasteiger partial charge in [-0.15, -0.1) is 0 Å². The van der Waals surface area contributed by atoms with Crippen LogP contribution >= 0.6 is 0 Å². The van der Waals surface area contributed by atoms with Crippen molar-refractivity contribution in [1.82, 2.24) is 14.9 Å². The molecule has 94 valence electrons. The van der Waals surface area contributed by atoms with Crippen molar-refractivity contribution >= 4 is 11.9 Å². The van der Waals surface area contributed by atoms with Gasteiger partial charge in [0.1, 0.15) is 5.82 Å². The molecule has 1 rings (SSSR count). The summed E-state index contributed by atoms with van der Waals surface area (Å²) >= 11 is 0. The maximum atomic E-state index is 11.3. The van der Waals surface area contributed by atoms with Gasteiger partial charge in [-0.3, -0.25) is 9.59 Å². The quantitative estimate of drug-likeness (QED) is 0.728. The van der Waals surface area contributed by atoms with E-state index in [9.17, 15) is 9.59 Å². The normalized spacial score (nSPS) is 10.2. The van der Waals surface area contributed by atoms with Gasteiger partial charge in [0.25, 0.3) is 0 Å². The first kappa shape index (κ1) is 13.2. The highest BCUT2D eigenvalue weighted by atomic mass is 16.4. The van der Waals surface area contributed by atoms with Gasteiger partial charge in [0.2, 0.25) is 5.91 Å². The molecule has 0 atom stereocenters. The zero-order valence-corrected chi connectivity index (χ0v) is 9.85. The predicted molar refractivity (Wildman–Crippen MR) is 61.5 cm³/mol. The van der Waals surface area contributed by atoms with E-state index >= 15 is 0 Å². The van der Waals surface area contributed by atoms with Gasteiger partial charge < -0.3 is 15.0 Å². The smallest absolute Gasteiger partial charge is 0.303 e. The lowest BCUT2D eigenvalue weighted by atomic mass is 10.2. The fraction of sp³-hybridized carbons (Fsp3) is 0.545. The Bertz CT molecular complexity index is 387. The predicted octanol–water partition coefficient (Wildman–Crippen LogP) is 0.563. The van der Waals surface area contributed by atoms with Gasteiger partial charge >= 0.3 is 5.97 Å². The number of hydrogen-bond acceptors (Lipinski definition) is 3. The van der Waals surface area contributed by atoms with E-state index in [1.54, 1.807) is 6.20 Å². The number of imidazole rings is 1. The third-order valence-electron chi connectivity index (χ3n) is 2.39. The van der Waals surface area contributed by atoms with Gasteiger partial charge in [0.15, 0.2) is 0 Å². The molecule has 0 unspecified atom stereocenters. The summed E-state index contributed by atoms with van der Waals surface area (Å²) < 4.78 is 1.94. The second-order valence-electron chi connectivity index (χ2n) is 3.77. The highest BCUT2D eigenvalue weighted by Gasteiger charge is 2.03. The highest BCUT2D eigenvalue weighted by molar-refractivity contribution is 5.76. The molecule has 1 aromatic rings. The summed E-state index contributed by atoms with van der Waals surface area (Å²) in [5, 5.41) is 11.2. The molecule has 0 aliphatic rings. The first-order valence-electron chi connectivity index (χ1n) is 5.56. The fourth-order valence-corrected chi connectivity index (χ4v) is 1.44. The lowest BCUT2D eigenvalue weighted by molar-refractivity contribution is -0.137. The minimum absolute atomic E-state index is 0.0358. The summed E-state index contributed by atoms with van der Waals surface area (Å²) in [4.78, 5) is 25.6. The first-order valence-corrected chi connectivity index (χ1v) is 5.56. The number of nitrogens with one attached hydrogen (secondary N) is 1. The number of carbonyl (C=O) groups is 2. The molecule has 17 heavy (non-hydrogen) atoms. The van der Waals surface area contributed by atoms with Crippen molar-refractivity contribution in [3.8, 4) is 0 Å². The Labute approximate surface area is 99.7 Å². The van der Waals surface area contributed by atoms with Gasteiger partial charge in [0, 0.05) is 38.3 Å². The molecular weight excluding hydrogens is 222 g/mol. The molecular formula is C11H17N3O3. The molecule has 0 radical (unpaired) electrons. The van der Waals surface area contributed by atoms with Crippen LogP contribution in [0, 0.1) is 6.92 Å². The van der Waals surface area contributed by atoms with Gasteiger partial charge in [-0.1, -0.05) is 0 Å². The van der Waals surface area contributed by atoms with Crippen LogP contribution < -0.4 is 5.32 Å². The zero-order valence-electron chi connectivity index (χ0n) is 9.85. The van der Waals surface area contributed by atoms with Crippen LogP contribution in [0.1, 0.15) is 25.1 Å². The Morgan fingerprint density at radius 2 is 2.24 bits per heavy atom. The van der Waals surface area contributed by atoms with E-state index in [-0.39, 0.29) is 18.7 Å². The fourth-order valence-electron chi connectivity index (χ4n) is 1.44. The summed E-state index contributed by atoms with van der Waals surface area (Å²) in [5.41, 5.74) is 0. The van der Waals surface area contributed by atoms with Crippen molar-refractivity contribution in [3.05, 3.63) is 18.2 Å². The van der Waals surface area contributed by atoms with E-state index in [4.69, 9.17) is 5.11 Å². The average molecular weight is 239 g/mol. The second kappa shape index (κ2) is 6.67. The van der Waals surface area contributed by atoms with Crippen LogP contribution in [0.2, 0.25) is 0 Å². The maximum Gasteiger partial charge on any atom is 0.303 e. The Morgan fingerprint density at radius 3 is 2.82 bits per heavy atom. The molecule has 0 fully saturated rings. The largest absolute Gasteiger partial charge is 0.481 e. The Hall–Kier alpha value is -1.85. The molecule has 0 spiro atoms. The van der Waals surface area contributed by atoms with Crippen molar-refractivity contribution in [3.63, 3.8) is 0 Å². The van der Waals surface area contributed by atoms with E-state index in [2.05, 4.69) is 10.3 Å². The minimum atomic E-state index is -0.869. The molecule has 2 N–H and O–H groups in total. The Morgan fingerprint density at radius 1 is 1.47 bits per heavy atom. The van der Waals surface area contributed by atoms with Crippen LogP contribution in [0.4, 0.5) is 0 Å². The summed E-state index contributed by atoms with van der Waals surface area (Å²) in [5.74, 6) is -0.0685. The molecule has 0 aliphatic carbocycles. The number of rotatable bonds is 7. The van der Waals surface area contributed by atoms with Gasteiger partial charge in [-0.05, 0) is 13.3 Å². The van der Waals surface area contributed by atoms with Crippen LogP contribution in [0.5, 0.6) is 0 Å². The SMILES string of the molecule is Cc1nccn1CCNC(=O)CCCC(=O)O. The molecule has 1 aromatic heterocycles. The number of carbonyl (C=O) groups excluding carboxylic acids is 1. The van der Waals surface area contributed by atoms with E-state index in [1.165, 1.54) is 0 Å². The maximum absolute atomic E-state index is 11.3. The molecule has 0 aliphatic heterocycles. The van der Waals surface area contributed by atoms with E-state index in [1.807, 2.05) is 17.7 Å². The summed E-state index contributed by atoms with van der Waals surface area (Å²) in [6.45, 7) is 3.11. The van der Waals surface area contributed by atoms with Crippen LogP contribution in [-0.4, -0.2) is 33.1 Å². The second-order valence-corrected chi connectivity index (χ2v) is 3.77. The van der Waals surface area contributed by atoms with Crippen molar-refractivity contribution in [2.75, 3.05) is 6.54 Å². The number of carboxylic acids is 1. The van der Waals surface area contributed by atoms with Crippen molar-refractivity contribution < 1.29 is 14.7 Å². The number of aromatic nitrogens is 2. The summed E-state index contributed by atoms with van der Waals surface area (Å²) in [6, 6.07) is 0. The monoisotopic (exact) mass is 239 g/mol. The Kier molecular flexibility index (Phi) is 5.19. The number of aryl methyl sites for hydroxylation is 1. The molecule has 0 aromatic carbocycles. The molecule has 6 nitrogen and oxygen atoms in total. The Balaban J connectivity index is 2.12. The lowest BCUT2D eigenvalue weighted by Gasteiger charge is -2.06. The minimum Gasteiger partial charge on any atom is -0.481 e. The molecule has 0 bridgehead atoms. The van der Waals surface area contributed by atoms with E-state index < -0.39 is 5.97 Å². The molecule has 0 saturated carbocycles. The van der Waals surface area contributed by atoms with Crippen LogP contribution in [0.3, 0.4) is 0 Å². The number of carboxylic acid groups (broad SMARTS) is 1. The summed E-state index contributed by atoms with van der Waals surface area (Å²) in [6.07, 6.45) is 4.24. The number of nitrogens with zero attached hydrogens (tertiary/aromatic N) is 2. The van der Waals surface area contributed by atoms with Crippen LogP contribution in [-0.2, 0) is 16.1 Å². The van der Waals surface area contributed by atoms with Crippen LogP contribution in [0.15, 0.2) is 12.4 Å². The van der Waals surface area contributed by atoms with Gasteiger partial charge in [0.05, 0.1) is 0 Å². The van der Waals surface area contributed by atoms with Crippen molar-refractivity contribution in [2.24, 2.45) is 0 Å². The summed E-state index contributed by atoms with van der Waals surface area (Å²) in [7, 11) is 0. The van der Waals surface area contributed by atoms with Crippen LogP contribution in [0.25, 0.3) is 0 Å². The van der Waals surface area contributed by atoms with E-state index in [0.717, 1.165) is 5.82 Å². The topological polar surface area (TPSA) is 84.2 Å². The standard InChI is InChI=1S/C11H17N3O3/c1-9-12-5-7-14(9)8-6-13-10(15)3-2-4-11(16)17/h5,7H,2-4,6,8H2,1H3,(H,13,15)(H,16,17). The van der Waals surface area contributed by atoms with Gasteiger partial charge in [-0.2, -0.15) is 0 Å². The van der Waals surface area contributed by atoms with Gasteiger partial charge in [-0.25, -0.2) is 4.98 Å². The van der Waals surface area contributed by atoms with E-state index in [0.29, 0.717) is 19.5 Å². The average Bonchev–Trinajstić information content (AvgIpc) is 2.64. The third kappa shape index (κ3) is 5.14. The highest BCUT2D eigenvalue weighted by Crippen LogP contribution is 1.96. The molecule has 0 saturated heterocycles. The lowest BCUT2D eigenvalue weighted by Crippen LogP contribution is -2.27. The third-order valence-corrected chi connectivity index (χ3v) is 2.39. The molecule has 1 heterocycles. The number of hydrogen-bond donors (Lipinski definition) is 2. The zero-order chi connectivity index (χ0) is 12.7. The molecule has 1 amide bonds. The molecule has 6 heteroatoms. The number of aliphatic carboxylic acids is 1. The van der Waals surface area contributed by atoms with Crippen molar-refractivity contribution in [2.45, 2.75) is 32.7 Å². The number of amides is 1. The van der Waals surface area contributed by atoms with Crippen molar-refractivity contribution in [1.29, 1.82) is 0 Å². The first-order chi connectivity index (χ1) is 8.09.